The quantitative estimate of drug-likeness (QED) is 0.796. The molecular weight excluding hydrogens is 388 g/mol. The maximum absolute atomic E-state index is 3.74. The zero-order chi connectivity index (χ0) is 13.4. The van der Waals surface area contributed by atoms with Gasteiger partial charge in [0.15, 0.2) is 0 Å². The van der Waals surface area contributed by atoms with Crippen LogP contribution in [-0.4, -0.2) is 29.6 Å². The summed E-state index contributed by atoms with van der Waals surface area (Å²) in [4.78, 5) is 4.11. The van der Waals surface area contributed by atoms with Crippen LogP contribution in [0.4, 0.5) is 0 Å². The number of piperidine rings is 1. The molecule has 1 aromatic heterocycles. The summed E-state index contributed by atoms with van der Waals surface area (Å²) in [7, 11) is 0. The fourth-order valence-electron chi connectivity index (χ4n) is 3.49. The Bertz CT molecular complexity index is 417. The monoisotopic (exact) mass is 406 g/mol. The van der Waals surface area contributed by atoms with E-state index in [2.05, 4.69) is 55.1 Å². The van der Waals surface area contributed by atoms with E-state index >= 15 is 0 Å². The molecule has 2 nitrogen and oxygen atoms in total. The molecule has 2 fully saturated rings. The smallest absolute Gasteiger partial charge is 0.0843 e. The largest absolute Gasteiger partial charge is 0.311 e. The van der Waals surface area contributed by atoms with Crippen molar-refractivity contribution in [2.45, 2.75) is 57.3 Å². The molecule has 2 unspecified atom stereocenters. The minimum absolute atomic E-state index is 0.767. The van der Waals surface area contributed by atoms with Crippen molar-refractivity contribution < 1.29 is 0 Å². The second kappa shape index (κ2) is 6.14. The Kier molecular flexibility index (Phi) is 4.69. The average molecular weight is 408 g/mol. The van der Waals surface area contributed by atoms with Crippen molar-refractivity contribution in [2.24, 2.45) is 0 Å². The van der Waals surface area contributed by atoms with Crippen molar-refractivity contribution in [3.8, 4) is 0 Å². The van der Waals surface area contributed by atoms with Gasteiger partial charge in [-0.2, -0.15) is 0 Å². The van der Waals surface area contributed by atoms with E-state index in [9.17, 15) is 0 Å². The molecule has 1 aromatic rings. The number of thiophene rings is 1. The summed E-state index contributed by atoms with van der Waals surface area (Å²) in [6.45, 7) is 4.54. The molecule has 2 saturated heterocycles. The lowest BCUT2D eigenvalue weighted by Gasteiger charge is -2.37. The zero-order valence-corrected chi connectivity index (χ0v) is 15.2. The number of rotatable bonds is 4. The van der Waals surface area contributed by atoms with Crippen molar-refractivity contribution in [1.29, 1.82) is 0 Å². The van der Waals surface area contributed by atoms with Gasteiger partial charge in [-0.05, 0) is 70.2 Å². The molecule has 2 aliphatic rings. The molecule has 0 aliphatic carbocycles. The van der Waals surface area contributed by atoms with Gasteiger partial charge < -0.3 is 5.32 Å². The van der Waals surface area contributed by atoms with E-state index in [-0.39, 0.29) is 0 Å². The van der Waals surface area contributed by atoms with E-state index in [4.69, 9.17) is 0 Å². The van der Waals surface area contributed by atoms with Crippen LogP contribution >= 0.6 is 43.2 Å². The first-order valence-corrected chi connectivity index (χ1v) is 9.49. The van der Waals surface area contributed by atoms with Crippen LogP contribution < -0.4 is 5.32 Å². The molecule has 5 heteroatoms. The maximum atomic E-state index is 3.74. The predicted molar refractivity (Wildman–Crippen MR) is 88.8 cm³/mol. The normalized spacial score (nSPS) is 30.2. The summed E-state index contributed by atoms with van der Waals surface area (Å²) in [6, 6.07) is 4.58. The van der Waals surface area contributed by atoms with Crippen LogP contribution in [0.2, 0.25) is 0 Å². The van der Waals surface area contributed by atoms with Crippen LogP contribution in [0.5, 0.6) is 0 Å². The van der Waals surface area contributed by atoms with Gasteiger partial charge in [0.2, 0.25) is 0 Å². The fourth-order valence-corrected chi connectivity index (χ4v) is 5.70. The van der Waals surface area contributed by atoms with E-state index in [0.717, 1.165) is 31.2 Å². The van der Waals surface area contributed by atoms with Gasteiger partial charge in [-0.3, -0.25) is 4.90 Å². The van der Waals surface area contributed by atoms with Crippen molar-refractivity contribution >= 4 is 43.2 Å². The Hall–Kier alpha value is 0.580. The van der Waals surface area contributed by atoms with Gasteiger partial charge in [0.25, 0.3) is 0 Å². The highest BCUT2D eigenvalue weighted by atomic mass is 79.9. The summed E-state index contributed by atoms with van der Waals surface area (Å²) in [6.07, 6.45) is 5.43. The third-order valence-corrected chi connectivity index (χ3v) is 7.67. The van der Waals surface area contributed by atoms with E-state index < -0.39 is 0 Å². The van der Waals surface area contributed by atoms with E-state index in [1.54, 1.807) is 0 Å². The zero-order valence-electron chi connectivity index (χ0n) is 11.2. The molecule has 2 bridgehead atoms. The third-order valence-electron chi connectivity index (χ3n) is 4.43. The van der Waals surface area contributed by atoms with Crippen LogP contribution in [0.15, 0.2) is 14.3 Å². The van der Waals surface area contributed by atoms with Crippen LogP contribution in [-0.2, 0) is 6.54 Å². The number of hydrogen-bond donors (Lipinski definition) is 1. The molecule has 0 radical (unpaired) electrons. The van der Waals surface area contributed by atoms with E-state index in [1.807, 2.05) is 11.3 Å². The van der Waals surface area contributed by atoms with Gasteiger partial charge >= 0.3 is 0 Å². The van der Waals surface area contributed by atoms with Crippen LogP contribution in [0.3, 0.4) is 0 Å². The second-order valence-electron chi connectivity index (χ2n) is 5.66. The third kappa shape index (κ3) is 3.26. The summed E-state index contributed by atoms with van der Waals surface area (Å²) in [5.74, 6) is 0. The summed E-state index contributed by atoms with van der Waals surface area (Å²) in [5.41, 5.74) is 0. The highest BCUT2D eigenvalue weighted by Crippen LogP contribution is 2.35. The summed E-state index contributed by atoms with van der Waals surface area (Å²) < 4.78 is 2.40. The Labute approximate surface area is 136 Å². The molecule has 3 rings (SSSR count). The van der Waals surface area contributed by atoms with Gasteiger partial charge in [0.1, 0.15) is 0 Å². The van der Waals surface area contributed by atoms with Crippen molar-refractivity contribution in [1.82, 2.24) is 10.2 Å². The Morgan fingerprint density at radius 3 is 2.53 bits per heavy atom. The summed E-state index contributed by atoms with van der Waals surface area (Å²) >= 11 is 9.04. The first-order chi connectivity index (χ1) is 9.15. The molecule has 0 saturated carbocycles. The number of halogens is 2. The van der Waals surface area contributed by atoms with Crippen molar-refractivity contribution in [3.05, 3.63) is 19.2 Å². The maximum Gasteiger partial charge on any atom is 0.0843 e. The van der Waals surface area contributed by atoms with E-state index in [0.29, 0.717) is 0 Å². The highest BCUT2D eigenvalue weighted by Gasteiger charge is 2.35. The molecule has 19 heavy (non-hydrogen) atoms. The highest BCUT2D eigenvalue weighted by molar-refractivity contribution is 9.13. The molecule has 2 atom stereocenters. The lowest BCUT2D eigenvalue weighted by atomic mass is 9.98. The lowest BCUT2D eigenvalue weighted by molar-refractivity contribution is 0.142. The molecule has 106 valence electrons. The lowest BCUT2D eigenvalue weighted by Crippen LogP contribution is -2.47. The molecule has 0 amide bonds. The number of nitrogens with zero attached hydrogens (tertiary/aromatic N) is 1. The van der Waals surface area contributed by atoms with Gasteiger partial charge in [-0.1, -0.05) is 6.92 Å². The SMILES string of the molecule is CCN(Cc1cc(Br)c(Br)s1)C1CC2CCC(C1)N2. The molecule has 2 aliphatic heterocycles. The Morgan fingerprint density at radius 1 is 1.32 bits per heavy atom. The Balaban J connectivity index is 1.67. The summed E-state index contributed by atoms with van der Waals surface area (Å²) in [5, 5.41) is 3.74. The predicted octanol–water partition coefficient (Wildman–Crippen LogP) is 4.38. The Morgan fingerprint density at radius 2 is 2.00 bits per heavy atom. The number of nitrogens with one attached hydrogen (secondary N) is 1. The molecule has 0 aromatic carbocycles. The van der Waals surface area contributed by atoms with Gasteiger partial charge in [-0.15, -0.1) is 11.3 Å². The first kappa shape index (κ1) is 14.5. The topological polar surface area (TPSA) is 15.3 Å². The minimum atomic E-state index is 0.767. The van der Waals surface area contributed by atoms with Gasteiger partial charge in [0, 0.05) is 34.0 Å². The molecular formula is C14H20Br2N2S. The second-order valence-corrected chi connectivity index (χ2v) is 8.97. The average Bonchev–Trinajstić information content (AvgIpc) is 2.89. The first-order valence-electron chi connectivity index (χ1n) is 7.09. The van der Waals surface area contributed by atoms with Crippen LogP contribution in [0.25, 0.3) is 0 Å². The van der Waals surface area contributed by atoms with E-state index in [1.165, 1.54) is 38.8 Å². The van der Waals surface area contributed by atoms with Gasteiger partial charge in [-0.25, -0.2) is 0 Å². The van der Waals surface area contributed by atoms with Crippen LogP contribution in [0, 0.1) is 0 Å². The van der Waals surface area contributed by atoms with Crippen molar-refractivity contribution in [3.63, 3.8) is 0 Å². The minimum Gasteiger partial charge on any atom is -0.311 e. The number of hydrogen-bond acceptors (Lipinski definition) is 3. The standard InChI is InChI=1S/C14H20Br2N2S/c1-2-18(8-12-7-13(15)14(16)19-12)11-5-9-3-4-10(6-11)17-9/h7,9-11,17H,2-6,8H2,1H3. The molecule has 3 heterocycles. The van der Waals surface area contributed by atoms with Gasteiger partial charge in [0.05, 0.1) is 3.79 Å². The fraction of sp³-hybridized carbons (Fsp3) is 0.714. The van der Waals surface area contributed by atoms with Crippen molar-refractivity contribution in [2.75, 3.05) is 6.54 Å². The number of fused-ring (bicyclic) bond motifs is 2. The van der Waals surface area contributed by atoms with Crippen LogP contribution in [0.1, 0.15) is 37.5 Å². The molecule has 0 spiro atoms. The molecule has 1 N–H and O–H groups in total.